The zero-order valence-electron chi connectivity index (χ0n) is 18.9. The van der Waals surface area contributed by atoms with Crippen molar-refractivity contribution in [3.05, 3.63) is 101 Å². The number of allylic oxidation sites excluding steroid dienone is 6. The van der Waals surface area contributed by atoms with Gasteiger partial charge in [0.25, 0.3) is 0 Å². The maximum atomic E-state index is 13.2. The number of esters is 1. The Labute approximate surface area is 197 Å². The van der Waals surface area contributed by atoms with Crippen LogP contribution >= 0.6 is 0 Å². The summed E-state index contributed by atoms with van der Waals surface area (Å²) < 4.78 is 44.9. The molecule has 0 unspecified atom stereocenters. The zero-order chi connectivity index (χ0) is 23.7. The van der Waals surface area contributed by atoms with Crippen molar-refractivity contribution in [2.75, 3.05) is 6.61 Å². The lowest BCUT2D eigenvalue weighted by molar-refractivity contribution is -0.141. The van der Waals surface area contributed by atoms with E-state index in [-0.39, 0.29) is 23.7 Å². The fourth-order valence-corrected chi connectivity index (χ4v) is 5.45. The molecule has 34 heavy (non-hydrogen) atoms. The smallest absolute Gasteiger partial charge is 0.416 e. The maximum absolute atomic E-state index is 13.2. The number of alkyl halides is 3. The first-order chi connectivity index (χ1) is 16.4. The van der Waals surface area contributed by atoms with Crippen molar-refractivity contribution < 1.29 is 22.7 Å². The van der Waals surface area contributed by atoms with Gasteiger partial charge in [0.15, 0.2) is 0 Å². The van der Waals surface area contributed by atoms with E-state index in [0.717, 1.165) is 49.3 Å². The number of fused-ring (bicyclic) bond motifs is 2. The second-order valence-corrected chi connectivity index (χ2v) is 9.41. The molecule has 0 saturated carbocycles. The van der Waals surface area contributed by atoms with Crippen LogP contribution in [0.3, 0.4) is 0 Å². The van der Waals surface area contributed by atoms with Crippen molar-refractivity contribution in [1.82, 2.24) is 0 Å². The Morgan fingerprint density at radius 3 is 2.65 bits per heavy atom. The minimum absolute atomic E-state index is 0.0942. The van der Waals surface area contributed by atoms with Crippen LogP contribution in [0.15, 0.2) is 78.4 Å². The van der Waals surface area contributed by atoms with E-state index in [1.54, 1.807) is 6.07 Å². The first-order valence-corrected chi connectivity index (χ1v) is 11.9. The second-order valence-electron chi connectivity index (χ2n) is 9.41. The van der Waals surface area contributed by atoms with Gasteiger partial charge in [-0.1, -0.05) is 60.7 Å². The third kappa shape index (κ3) is 4.61. The highest BCUT2D eigenvalue weighted by Crippen LogP contribution is 2.44. The summed E-state index contributed by atoms with van der Waals surface area (Å²) in [5.41, 5.74) is 4.54. The number of hydrogen-bond acceptors (Lipinski definition) is 2. The zero-order valence-corrected chi connectivity index (χ0v) is 18.9. The van der Waals surface area contributed by atoms with Crippen LogP contribution in [0.5, 0.6) is 0 Å². The molecule has 0 radical (unpaired) electrons. The van der Waals surface area contributed by atoms with Crippen molar-refractivity contribution in [2.45, 2.75) is 44.2 Å². The fraction of sp³-hybridized carbons (Fsp3) is 0.345. The third-order valence-electron chi connectivity index (χ3n) is 7.29. The van der Waals surface area contributed by atoms with Crippen molar-refractivity contribution in [2.24, 2.45) is 11.8 Å². The molecule has 3 aliphatic rings. The van der Waals surface area contributed by atoms with Gasteiger partial charge in [-0.3, -0.25) is 4.79 Å². The third-order valence-corrected chi connectivity index (χ3v) is 7.29. The lowest BCUT2D eigenvalue weighted by atomic mass is 9.70. The minimum Gasteiger partial charge on any atom is -0.465 e. The molecule has 3 atom stereocenters. The average Bonchev–Trinajstić information content (AvgIpc) is 3.18. The number of cyclic esters (lactones) is 1. The van der Waals surface area contributed by atoms with Crippen LogP contribution in [0, 0.1) is 11.8 Å². The van der Waals surface area contributed by atoms with E-state index in [1.165, 1.54) is 23.3 Å². The van der Waals surface area contributed by atoms with Gasteiger partial charge in [0, 0.05) is 11.8 Å². The first-order valence-electron chi connectivity index (χ1n) is 11.9. The molecule has 5 heteroatoms. The molecule has 0 N–H and O–H groups in total. The second kappa shape index (κ2) is 9.28. The van der Waals surface area contributed by atoms with Gasteiger partial charge in [0.05, 0.1) is 18.1 Å². The van der Waals surface area contributed by atoms with E-state index in [9.17, 15) is 18.0 Å². The lowest BCUT2D eigenvalue weighted by Gasteiger charge is -2.31. The van der Waals surface area contributed by atoms with Gasteiger partial charge in [-0.2, -0.15) is 13.2 Å². The largest absolute Gasteiger partial charge is 0.465 e. The normalized spacial score (nSPS) is 25.0. The molecule has 2 aromatic rings. The summed E-state index contributed by atoms with van der Waals surface area (Å²) in [6.07, 6.45) is 8.29. The number of benzene rings is 2. The molecule has 1 saturated heterocycles. The highest BCUT2D eigenvalue weighted by atomic mass is 19.4. The van der Waals surface area contributed by atoms with E-state index in [0.29, 0.717) is 12.2 Å². The maximum Gasteiger partial charge on any atom is 0.416 e. The summed E-state index contributed by atoms with van der Waals surface area (Å²) >= 11 is 0. The molecule has 176 valence electrons. The Morgan fingerprint density at radius 2 is 1.79 bits per heavy atom. The summed E-state index contributed by atoms with van der Waals surface area (Å²) in [7, 11) is 0. The fourth-order valence-electron chi connectivity index (χ4n) is 5.45. The van der Waals surface area contributed by atoms with Crippen molar-refractivity contribution in [3.63, 3.8) is 0 Å². The van der Waals surface area contributed by atoms with E-state index in [2.05, 4.69) is 24.3 Å². The lowest BCUT2D eigenvalue weighted by Crippen LogP contribution is -2.29. The molecule has 1 fully saturated rings. The summed E-state index contributed by atoms with van der Waals surface area (Å²) in [4.78, 5) is 12.3. The van der Waals surface area contributed by atoms with Crippen molar-refractivity contribution in [1.29, 1.82) is 0 Å². The molecule has 2 aliphatic carbocycles. The Hall–Kier alpha value is -3.08. The predicted molar refractivity (Wildman–Crippen MR) is 126 cm³/mol. The summed E-state index contributed by atoms with van der Waals surface area (Å²) in [6, 6.07) is 13.9. The molecule has 0 amide bonds. The van der Waals surface area contributed by atoms with Gasteiger partial charge in [0.1, 0.15) is 0 Å². The molecule has 0 aromatic heterocycles. The topological polar surface area (TPSA) is 26.3 Å². The van der Waals surface area contributed by atoms with Gasteiger partial charge in [-0.05, 0) is 72.1 Å². The Kier molecular flexibility index (Phi) is 6.20. The number of hydrogen-bond donors (Lipinski definition) is 0. The SMILES string of the molecule is O=C1OC[C@H]2[C@@H]1Cc1ccccc1[C@@H]2/C=C/C1=CC=C(c2cccc(C(F)(F)F)c2)CCCC1. The molecule has 1 heterocycles. The van der Waals surface area contributed by atoms with Crippen LogP contribution in [0.2, 0.25) is 0 Å². The molecule has 1 aliphatic heterocycles. The Bertz CT molecular complexity index is 1170. The van der Waals surface area contributed by atoms with E-state index in [1.807, 2.05) is 24.3 Å². The van der Waals surface area contributed by atoms with Gasteiger partial charge >= 0.3 is 12.1 Å². The minimum atomic E-state index is -4.35. The van der Waals surface area contributed by atoms with Gasteiger partial charge < -0.3 is 4.74 Å². The Balaban J connectivity index is 1.43. The number of ether oxygens (including phenoxy) is 1. The molecule has 2 nitrogen and oxygen atoms in total. The van der Waals surface area contributed by atoms with Crippen LogP contribution < -0.4 is 0 Å². The Morgan fingerprint density at radius 1 is 0.971 bits per heavy atom. The van der Waals surface area contributed by atoms with E-state index in [4.69, 9.17) is 4.74 Å². The van der Waals surface area contributed by atoms with Crippen molar-refractivity contribution in [3.8, 4) is 0 Å². The highest BCUT2D eigenvalue weighted by Gasteiger charge is 2.44. The van der Waals surface area contributed by atoms with E-state index >= 15 is 0 Å². The average molecular weight is 465 g/mol. The number of carbonyl (C=O) groups is 1. The van der Waals surface area contributed by atoms with Crippen LogP contribution in [0.1, 0.15) is 53.9 Å². The number of carbonyl (C=O) groups excluding carboxylic acids is 1. The first kappa shape index (κ1) is 22.7. The van der Waals surface area contributed by atoms with Crippen LogP contribution in [-0.2, 0) is 22.1 Å². The van der Waals surface area contributed by atoms with Crippen molar-refractivity contribution >= 4 is 11.5 Å². The number of rotatable bonds is 3. The van der Waals surface area contributed by atoms with Crippen LogP contribution in [-0.4, -0.2) is 12.6 Å². The van der Waals surface area contributed by atoms with E-state index < -0.39 is 11.7 Å². The van der Waals surface area contributed by atoms with Gasteiger partial charge in [-0.15, -0.1) is 0 Å². The molecule has 5 rings (SSSR count). The van der Waals surface area contributed by atoms with Crippen LogP contribution in [0.25, 0.3) is 5.57 Å². The molecule has 0 bridgehead atoms. The summed E-state index contributed by atoms with van der Waals surface area (Å²) in [5, 5.41) is 0. The van der Waals surface area contributed by atoms with Gasteiger partial charge in [-0.25, -0.2) is 0 Å². The number of halogens is 3. The highest BCUT2D eigenvalue weighted by molar-refractivity contribution is 5.76. The van der Waals surface area contributed by atoms with Gasteiger partial charge in [0.2, 0.25) is 0 Å². The molecule has 2 aromatic carbocycles. The standard InChI is InChI=1S/C29H27F3O2/c30-29(31,32)23-10-5-9-21(16-23)20-7-2-1-6-19(12-14-20)13-15-25-24-11-4-3-8-22(24)17-26-27(25)18-34-28(26)33/h3-5,8-16,25-27H,1-2,6-7,17-18H2/b15-13+,19-12?,20-14?/t25-,26-,27+/m0/s1. The predicted octanol–water partition coefficient (Wildman–Crippen LogP) is 7.27. The quantitative estimate of drug-likeness (QED) is 0.447. The summed E-state index contributed by atoms with van der Waals surface area (Å²) in [6.45, 7) is 0.450. The molecular weight excluding hydrogens is 437 g/mol. The molecule has 0 spiro atoms. The van der Waals surface area contributed by atoms with Crippen LogP contribution in [0.4, 0.5) is 13.2 Å². The summed E-state index contributed by atoms with van der Waals surface area (Å²) in [5.74, 6) is 0.0590. The monoisotopic (exact) mass is 464 g/mol. The molecular formula is C29H27F3O2.